The van der Waals surface area contributed by atoms with Crippen molar-refractivity contribution in [3.63, 3.8) is 0 Å². The number of hydrogen-bond donors (Lipinski definition) is 0. The quantitative estimate of drug-likeness (QED) is 0.843. The van der Waals surface area contributed by atoms with Gasteiger partial charge in [0, 0.05) is 21.5 Å². The lowest BCUT2D eigenvalue weighted by molar-refractivity contribution is 0.386. The SMILES string of the molecule is COc1ccc(-c2nnc(Br)o2)cc1F. The Balaban J connectivity index is 2.42. The maximum atomic E-state index is 13.3. The fourth-order valence-electron chi connectivity index (χ4n) is 1.12. The Kier molecular flexibility index (Phi) is 2.68. The highest BCUT2D eigenvalue weighted by atomic mass is 79.9. The van der Waals surface area contributed by atoms with Crippen LogP contribution >= 0.6 is 15.9 Å². The Morgan fingerprint density at radius 2 is 2.20 bits per heavy atom. The maximum Gasteiger partial charge on any atom is 0.285 e. The number of ether oxygens (including phenoxy) is 1. The van der Waals surface area contributed by atoms with Gasteiger partial charge in [0.05, 0.1) is 7.11 Å². The van der Waals surface area contributed by atoms with Crippen LogP contribution in [0, 0.1) is 5.82 Å². The highest BCUT2D eigenvalue weighted by Crippen LogP contribution is 2.25. The smallest absolute Gasteiger partial charge is 0.285 e. The fraction of sp³-hybridized carbons (Fsp3) is 0.111. The normalized spacial score (nSPS) is 10.3. The summed E-state index contributed by atoms with van der Waals surface area (Å²) in [5.41, 5.74) is 0.506. The van der Waals surface area contributed by atoms with Crippen molar-refractivity contribution in [3.05, 3.63) is 28.8 Å². The molecule has 6 heteroatoms. The van der Waals surface area contributed by atoms with Crippen LogP contribution < -0.4 is 4.74 Å². The number of aromatic nitrogens is 2. The van der Waals surface area contributed by atoms with Crippen LogP contribution in [0.3, 0.4) is 0 Å². The molecule has 0 saturated heterocycles. The number of halogens is 2. The number of benzene rings is 1. The van der Waals surface area contributed by atoms with Crippen LogP contribution in [0.1, 0.15) is 0 Å². The van der Waals surface area contributed by atoms with E-state index < -0.39 is 5.82 Å². The molecule has 0 radical (unpaired) electrons. The molecule has 1 aromatic heterocycles. The first kappa shape index (κ1) is 10.1. The predicted octanol–water partition coefficient (Wildman–Crippen LogP) is 2.65. The van der Waals surface area contributed by atoms with Gasteiger partial charge in [0.25, 0.3) is 4.80 Å². The van der Waals surface area contributed by atoms with Gasteiger partial charge in [-0.15, -0.1) is 10.2 Å². The van der Waals surface area contributed by atoms with Gasteiger partial charge in [0.15, 0.2) is 11.6 Å². The second-order valence-electron chi connectivity index (χ2n) is 2.71. The maximum absolute atomic E-state index is 13.3. The molecule has 78 valence electrons. The van der Waals surface area contributed by atoms with E-state index in [-0.39, 0.29) is 16.4 Å². The van der Waals surface area contributed by atoms with Gasteiger partial charge in [0.1, 0.15) is 0 Å². The molecule has 2 rings (SSSR count). The van der Waals surface area contributed by atoms with Crippen molar-refractivity contribution < 1.29 is 13.5 Å². The van der Waals surface area contributed by atoms with Gasteiger partial charge in [-0.1, -0.05) is 0 Å². The molecule has 0 aliphatic carbocycles. The molecule has 2 aromatic rings. The first-order valence-corrected chi connectivity index (χ1v) is 4.83. The fourth-order valence-corrected chi connectivity index (χ4v) is 1.35. The van der Waals surface area contributed by atoms with E-state index >= 15 is 0 Å². The summed E-state index contributed by atoms with van der Waals surface area (Å²) < 4.78 is 23.2. The first-order valence-electron chi connectivity index (χ1n) is 4.03. The molecule has 0 saturated carbocycles. The standard InChI is InChI=1S/C9H6BrFN2O2/c1-14-7-3-2-5(4-6(7)11)8-12-13-9(10)15-8/h2-4H,1H3. The van der Waals surface area contributed by atoms with Crippen molar-refractivity contribution in [1.29, 1.82) is 0 Å². The molecule has 0 amide bonds. The minimum Gasteiger partial charge on any atom is -0.494 e. The van der Waals surface area contributed by atoms with Crippen LogP contribution in [0.2, 0.25) is 0 Å². The number of methoxy groups -OCH3 is 1. The molecule has 0 fully saturated rings. The monoisotopic (exact) mass is 272 g/mol. The second kappa shape index (κ2) is 3.98. The van der Waals surface area contributed by atoms with E-state index in [1.807, 2.05) is 0 Å². The van der Waals surface area contributed by atoms with Crippen molar-refractivity contribution in [3.8, 4) is 17.2 Å². The van der Waals surface area contributed by atoms with Gasteiger partial charge in [-0.2, -0.15) is 0 Å². The van der Waals surface area contributed by atoms with E-state index in [0.29, 0.717) is 5.56 Å². The number of rotatable bonds is 2. The zero-order valence-electron chi connectivity index (χ0n) is 7.70. The van der Waals surface area contributed by atoms with Crippen molar-refractivity contribution in [2.24, 2.45) is 0 Å². The first-order chi connectivity index (χ1) is 7.20. The van der Waals surface area contributed by atoms with Gasteiger partial charge in [0.2, 0.25) is 5.89 Å². The number of nitrogens with zero attached hydrogens (tertiary/aromatic N) is 2. The molecular formula is C9H6BrFN2O2. The van der Waals surface area contributed by atoms with Crippen LogP contribution in [0.25, 0.3) is 11.5 Å². The van der Waals surface area contributed by atoms with E-state index in [0.717, 1.165) is 0 Å². The third kappa shape index (κ3) is 1.99. The average Bonchev–Trinajstić information content (AvgIpc) is 2.65. The summed E-state index contributed by atoms with van der Waals surface area (Å²) in [7, 11) is 1.40. The van der Waals surface area contributed by atoms with E-state index in [9.17, 15) is 4.39 Å². The molecule has 0 aliphatic heterocycles. The van der Waals surface area contributed by atoms with Crippen molar-refractivity contribution in [2.75, 3.05) is 7.11 Å². The largest absolute Gasteiger partial charge is 0.494 e. The summed E-state index contributed by atoms with van der Waals surface area (Å²) in [6.07, 6.45) is 0. The van der Waals surface area contributed by atoms with Gasteiger partial charge >= 0.3 is 0 Å². The van der Waals surface area contributed by atoms with E-state index in [1.54, 1.807) is 6.07 Å². The van der Waals surface area contributed by atoms with E-state index in [2.05, 4.69) is 26.1 Å². The minimum atomic E-state index is -0.468. The zero-order valence-corrected chi connectivity index (χ0v) is 9.28. The highest BCUT2D eigenvalue weighted by molar-refractivity contribution is 9.10. The Morgan fingerprint density at radius 3 is 2.73 bits per heavy atom. The van der Waals surface area contributed by atoms with Crippen LogP contribution in [0.15, 0.2) is 27.4 Å². The molecule has 0 bridgehead atoms. The lowest BCUT2D eigenvalue weighted by Crippen LogP contribution is -1.88. The van der Waals surface area contributed by atoms with E-state index in [1.165, 1.54) is 19.2 Å². The third-order valence-electron chi connectivity index (χ3n) is 1.80. The summed E-state index contributed by atoms with van der Waals surface area (Å²) in [5, 5.41) is 7.32. The molecule has 4 nitrogen and oxygen atoms in total. The Bertz CT molecular complexity index is 487. The number of hydrogen-bond acceptors (Lipinski definition) is 4. The van der Waals surface area contributed by atoms with E-state index in [4.69, 9.17) is 9.15 Å². The predicted molar refractivity (Wildman–Crippen MR) is 53.9 cm³/mol. The van der Waals surface area contributed by atoms with Crippen LogP contribution in [-0.2, 0) is 0 Å². The van der Waals surface area contributed by atoms with Crippen LogP contribution in [0.5, 0.6) is 5.75 Å². The molecule has 1 heterocycles. The Morgan fingerprint density at radius 1 is 1.40 bits per heavy atom. The topological polar surface area (TPSA) is 48.2 Å². The van der Waals surface area contributed by atoms with Gasteiger partial charge < -0.3 is 9.15 Å². The molecule has 0 N–H and O–H groups in total. The highest BCUT2D eigenvalue weighted by Gasteiger charge is 2.10. The summed E-state index contributed by atoms with van der Waals surface area (Å²) in [5.74, 6) is -0.0370. The average molecular weight is 273 g/mol. The molecule has 0 spiro atoms. The van der Waals surface area contributed by atoms with Gasteiger partial charge in [-0.05, 0) is 18.2 Å². The summed E-state index contributed by atoms with van der Waals surface area (Å²) in [4.78, 5) is 0.258. The second-order valence-corrected chi connectivity index (χ2v) is 3.39. The van der Waals surface area contributed by atoms with Crippen molar-refractivity contribution in [1.82, 2.24) is 10.2 Å². The van der Waals surface area contributed by atoms with Gasteiger partial charge in [-0.3, -0.25) is 0 Å². The Hall–Kier alpha value is -1.43. The molecule has 0 aliphatic rings. The zero-order chi connectivity index (χ0) is 10.8. The van der Waals surface area contributed by atoms with Crippen molar-refractivity contribution in [2.45, 2.75) is 0 Å². The molecule has 1 aromatic carbocycles. The lowest BCUT2D eigenvalue weighted by Gasteiger charge is -2.01. The summed E-state index contributed by atoms with van der Waals surface area (Å²) in [6.45, 7) is 0. The van der Waals surface area contributed by atoms with Crippen LogP contribution in [-0.4, -0.2) is 17.3 Å². The minimum absolute atomic E-state index is 0.178. The van der Waals surface area contributed by atoms with Gasteiger partial charge in [-0.25, -0.2) is 4.39 Å². The lowest BCUT2D eigenvalue weighted by atomic mass is 10.2. The molecule has 0 unspecified atom stereocenters. The van der Waals surface area contributed by atoms with Crippen molar-refractivity contribution >= 4 is 15.9 Å². The Labute approximate surface area is 93.2 Å². The molecular weight excluding hydrogens is 267 g/mol. The summed E-state index contributed by atoms with van der Waals surface area (Å²) >= 11 is 3.02. The molecule has 0 atom stereocenters. The third-order valence-corrected chi connectivity index (χ3v) is 2.12. The molecule has 15 heavy (non-hydrogen) atoms. The van der Waals surface area contributed by atoms with Crippen LogP contribution in [0.4, 0.5) is 4.39 Å². The summed E-state index contributed by atoms with van der Waals surface area (Å²) in [6, 6.07) is 4.42.